The molecule has 0 atom stereocenters. The summed E-state index contributed by atoms with van der Waals surface area (Å²) in [6.07, 6.45) is 0. The second kappa shape index (κ2) is 5.89. The first-order valence-electron chi connectivity index (χ1n) is 7.08. The molecular weight excluding hydrogens is 314 g/mol. The van der Waals surface area contributed by atoms with Crippen LogP contribution < -0.4 is 0 Å². The van der Waals surface area contributed by atoms with Crippen molar-refractivity contribution < 1.29 is 14.7 Å². The molecule has 4 nitrogen and oxygen atoms in total. The molecule has 23 heavy (non-hydrogen) atoms. The van der Waals surface area contributed by atoms with Crippen LogP contribution in [0.4, 0.5) is 0 Å². The van der Waals surface area contributed by atoms with Crippen molar-refractivity contribution >= 4 is 29.0 Å². The topological polar surface area (TPSA) is 57.6 Å². The number of halogens is 1. The Balaban J connectivity index is 1.89. The van der Waals surface area contributed by atoms with E-state index in [0.29, 0.717) is 10.6 Å². The van der Waals surface area contributed by atoms with Gasteiger partial charge in [-0.25, -0.2) is 0 Å². The number of carbonyl (C=O) groups excluding carboxylic acids is 2. The highest BCUT2D eigenvalue weighted by Gasteiger charge is 2.39. The van der Waals surface area contributed by atoms with E-state index in [4.69, 9.17) is 11.6 Å². The Bertz CT molecular complexity index is 807. The van der Waals surface area contributed by atoms with E-state index in [1.165, 1.54) is 0 Å². The summed E-state index contributed by atoms with van der Waals surface area (Å²) >= 11 is 5.83. The second-order valence-corrected chi connectivity index (χ2v) is 5.85. The normalized spacial score (nSPS) is 14.8. The molecule has 0 radical (unpaired) electrons. The lowest BCUT2D eigenvalue weighted by atomic mass is 10.1. The average molecular weight is 328 g/mol. The van der Waals surface area contributed by atoms with Crippen LogP contribution in [0.15, 0.2) is 54.3 Å². The fourth-order valence-corrected chi connectivity index (χ4v) is 2.59. The predicted octanol–water partition coefficient (Wildman–Crippen LogP) is 3.49. The first-order valence-corrected chi connectivity index (χ1v) is 7.46. The van der Waals surface area contributed by atoms with Gasteiger partial charge in [-0.2, -0.15) is 0 Å². The summed E-state index contributed by atoms with van der Waals surface area (Å²) in [4.78, 5) is 25.8. The third-order valence-electron chi connectivity index (χ3n) is 3.74. The van der Waals surface area contributed by atoms with Crippen molar-refractivity contribution in [2.24, 2.45) is 0 Å². The zero-order valence-corrected chi connectivity index (χ0v) is 13.2. The van der Waals surface area contributed by atoms with Crippen molar-refractivity contribution in [3.8, 4) is 0 Å². The molecule has 1 heterocycles. The molecule has 116 valence electrons. The summed E-state index contributed by atoms with van der Waals surface area (Å²) in [7, 11) is 0. The maximum Gasteiger partial charge on any atom is 0.296 e. The Kier molecular flexibility index (Phi) is 3.92. The van der Waals surface area contributed by atoms with Gasteiger partial charge in [-0.15, -0.1) is 0 Å². The summed E-state index contributed by atoms with van der Waals surface area (Å²) in [5.74, 6) is -1.71. The van der Waals surface area contributed by atoms with E-state index in [9.17, 15) is 14.7 Å². The van der Waals surface area contributed by atoms with E-state index < -0.39 is 17.6 Å². The molecule has 0 unspecified atom stereocenters. The molecule has 5 heteroatoms. The average Bonchev–Trinajstić information content (AvgIpc) is 2.74. The molecule has 3 rings (SSSR count). The van der Waals surface area contributed by atoms with Gasteiger partial charge in [0.05, 0.1) is 12.1 Å². The van der Waals surface area contributed by atoms with Gasteiger partial charge >= 0.3 is 0 Å². The summed E-state index contributed by atoms with van der Waals surface area (Å²) < 4.78 is 0. The van der Waals surface area contributed by atoms with Crippen molar-refractivity contribution in [3.63, 3.8) is 0 Å². The van der Waals surface area contributed by atoms with Crippen LogP contribution in [0.5, 0.6) is 0 Å². The van der Waals surface area contributed by atoms with E-state index in [1.54, 1.807) is 24.3 Å². The fourth-order valence-electron chi connectivity index (χ4n) is 2.46. The number of hydrogen-bond acceptors (Lipinski definition) is 3. The minimum atomic E-state index is -0.680. The lowest BCUT2D eigenvalue weighted by molar-refractivity contribution is -0.138. The molecule has 2 amide bonds. The van der Waals surface area contributed by atoms with E-state index >= 15 is 0 Å². The van der Waals surface area contributed by atoms with Crippen LogP contribution in [-0.4, -0.2) is 21.8 Å². The summed E-state index contributed by atoms with van der Waals surface area (Å²) in [5.41, 5.74) is 2.40. The van der Waals surface area contributed by atoms with Gasteiger partial charge in [-0.1, -0.05) is 53.6 Å². The van der Waals surface area contributed by atoms with Crippen LogP contribution in [0.1, 0.15) is 16.7 Å². The van der Waals surface area contributed by atoms with E-state index in [0.717, 1.165) is 16.0 Å². The van der Waals surface area contributed by atoms with E-state index in [2.05, 4.69) is 0 Å². The highest BCUT2D eigenvalue weighted by atomic mass is 35.5. The molecule has 1 aliphatic heterocycles. The molecule has 0 saturated carbocycles. The van der Waals surface area contributed by atoms with Gasteiger partial charge < -0.3 is 5.11 Å². The highest BCUT2D eigenvalue weighted by molar-refractivity contribution is 6.35. The van der Waals surface area contributed by atoms with Gasteiger partial charge in [-0.3, -0.25) is 14.5 Å². The zero-order valence-electron chi connectivity index (χ0n) is 12.4. The van der Waals surface area contributed by atoms with Gasteiger partial charge in [0.25, 0.3) is 11.8 Å². The number of aryl methyl sites for hydroxylation is 1. The van der Waals surface area contributed by atoms with Crippen LogP contribution >= 0.6 is 11.6 Å². The Labute approximate surface area is 138 Å². The van der Waals surface area contributed by atoms with E-state index in [-0.39, 0.29) is 12.1 Å². The Morgan fingerprint density at radius 1 is 0.957 bits per heavy atom. The van der Waals surface area contributed by atoms with Crippen molar-refractivity contribution in [1.82, 2.24) is 4.90 Å². The molecule has 0 aromatic heterocycles. The third kappa shape index (κ3) is 2.85. The first kappa shape index (κ1) is 15.3. The van der Waals surface area contributed by atoms with Crippen LogP contribution in [0.25, 0.3) is 5.57 Å². The Morgan fingerprint density at radius 3 is 2.17 bits per heavy atom. The van der Waals surface area contributed by atoms with Crippen LogP contribution in [0.2, 0.25) is 5.02 Å². The standard InChI is InChI=1S/C18H14ClNO3/c1-11-2-4-12(5-3-11)10-20-17(22)15(16(21)18(20)23)13-6-8-14(19)9-7-13/h2-9,21H,10H2,1H3. The second-order valence-electron chi connectivity index (χ2n) is 5.41. The van der Waals surface area contributed by atoms with Crippen molar-refractivity contribution in [2.45, 2.75) is 13.5 Å². The first-order chi connectivity index (χ1) is 11.0. The lowest BCUT2D eigenvalue weighted by Crippen LogP contribution is -2.31. The number of carbonyl (C=O) groups is 2. The summed E-state index contributed by atoms with van der Waals surface area (Å²) in [6.45, 7) is 2.08. The van der Waals surface area contributed by atoms with Gasteiger partial charge in [-0.05, 0) is 30.2 Å². The van der Waals surface area contributed by atoms with Crippen LogP contribution in [-0.2, 0) is 16.1 Å². The SMILES string of the molecule is Cc1ccc(CN2C(=O)C(O)=C(c3ccc(Cl)cc3)C2=O)cc1. The minimum absolute atomic E-state index is 0.0128. The van der Waals surface area contributed by atoms with Gasteiger partial charge in [0, 0.05) is 5.02 Å². The Morgan fingerprint density at radius 2 is 1.57 bits per heavy atom. The zero-order chi connectivity index (χ0) is 16.6. The van der Waals surface area contributed by atoms with Gasteiger partial charge in [0.2, 0.25) is 0 Å². The number of amides is 2. The molecule has 0 aliphatic carbocycles. The smallest absolute Gasteiger partial charge is 0.296 e. The molecule has 1 N–H and O–H groups in total. The third-order valence-corrected chi connectivity index (χ3v) is 3.99. The number of hydrogen-bond donors (Lipinski definition) is 1. The van der Waals surface area contributed by atoms with Crippen LogP contribution in [0.3, 0.4) is 0 Å². The predicted molar refractivity (Wildman–Crippen MR) is 87.7 cm³/mol. The summed E-state index contributed by atoms with van der Waals surface area (Å²) in [5, 5.41) is 10.6. The van der Waals surface area contributed by atoms with Crippen LogP contribution in [0, 0.1) is 6.92 Å². The number of nitrogens with zero attached hydrogens (tertiary/aromatic N) is 1. The van der Waals surface area contributed by atoms with Gasteiger partial charge in [0.1, 0.15) is 0 Å². The van der Waals surface area contributed by atoms with Crippen molar-refractivity contribution in [1.29, 1.82) is 0 Å². The molecule has 0 fully saturated rings. The maximum atomic E-state index is 12.5. The summed E-state index contributed by atoms with van der Waals surface area (Å²) in [6, 6.07) is 14.0. The quantitative estimate of drug-likeness (QED) is 0.878. The number of aliphatic hydroxyl groups excluding tert-OH is 1. The highest BCUT2D eigenvalue weighted by Crippen LogP contribution is 2.29. The fraction of sp³-hybridized carbons (Fsp3) is 0.111. The Hall–Kier alpha value is -2.59. The van der Waals surface area contributed by atoms with E-state index in [1.807, 2.05) is 31.2 Å². The number of benzene rings is 2. The number of imide groups is 1. The van der Waals surface area contributed by atoms with Gasteiger partial charge in [0.15, 0.2) is 5.76 Å². The molecular formula is C18H14ClNO3. The maximum absolute atomic E-state index is 12.5. The largest absolute Gasteiger partial charge is 0.502 e. The minimum Gasteiger partial charge on any atom is -0.502 e. The van der Waals surface area contributed by atoms with Crippen molar-refractivity contribution in [2.75, 3.05) is 0 Å². The molecule has 0 spiro atoms. The molecule has 2 aromatic rings. The number of aliphatic hydroxyl groups is 1. The molecule has 2 aromatic carbocycles. The molecule has 0 saturated heterocycles. The van der Waals surface area contributed by atoms with Crippen molar-refractivity contribution in [3.05, 3.63) is 76.0 Å². The monoisotopic (exact) mass is 327 g/mol. The number of rotatable bonds is 3. The lowest BCUT2D eigenvalue weighted by Gasteiger charge is -2.14. The molecule has 1 aliphatic rings. The molecule has 0 bridgehead atoms.